The first-order valence-electron chi connectivity index (χ1n) is 8.47. The van der Waals surface area contributed by atoms with Crippen molar-refractivity contribution >= 4 is 0 Å². The molecule has 0 N–H and O–H groups in total. The fourth-order valence-electron chi connectivity index (χ4n) is 2.41. The Morgan fingerprint density at radius 1 is 0.640 bits per heavy atom. The van der Waals surface area contributed by atoms with Crippen LogP contribution >= 0.6 is 0 Å². The molecule has 1 heterocycles. The highest BCUT2D eigenvalue weighted by Gasteiger charge is 2.13. The average Bonchev–Trinajstić information content (AvgIpc) is 2.62. The van der Waals surface area contributed by atoms with Crippen molar-refractivity contribution in [2.75, 3.05) is 67.1 Å². The largest absolute Gasteiger partial charge is 0.487 e. The maximum atomic E-state index is 5.86. The topological polar surface area (TPSA) is 64.6 Å². The van der Waals surface area contributed by atoms with E-state index in [-0.39, 0.29) is 0 Å². The Labute approximate surface area is 149 Å². The van der Waals surface area contributed by atoms with Gasteiger partial charge >= 0.3 is 0 Å². The summed E-state index contributed by atoms with van der Waals surface area (Å²) in [6.07, 6.45) is 0. The lowest BCUT2D eigenvalue weighted by Crippen LogP contribution is -2.13. The highest BCUT2D eigenvalue weighted by molar-refractivity contribution is 5.47. The number of rotatable bonds is 4. The van der Waals surface area contributed by atoms with Crippen molar-refractivity contribution in [2.24, 2.45) is 0 Å². The van der Waals surface area contributed by atoms with Crippen molar-refractivity contribution in [3.63, 3.8) is 0 Å². The fourth-order valence-corrected chi connectivity index (χ4v) is 2.41. The van der Waals surface area contributed by atoms with Crippen LogP contribution in [0.4, 0.5) is 0 Å². The quantitative estimate of drug-likeness (QED) is 0.815. The number of methoxy groups -OCH3 is 2. The van der Waals surface area contributed by atoms with Gasteiger partial charge < -0.3 is 33.2 Å². The minimum atomic E-state index is 0.433. The van der Waals surface area contributed by atoms with Gasteiger partial charge in [-0.3, -0.25) is 0 Å². The Kier molecular flexibility index (Phi) is 9.61. The van der Waals surface area contributed by atoms with Crippen molar-refractivity contribution < 1.29 is 33.2 Å². The highest BCUT2D eigenvalue weighted by Crippen LogP contribution is 2.32. The molecule has 2 rings (SSSR count). The number of hydrogen-bond donors (Lipinski definition) is 0. The van der Waals surface area contributed by atoms with Gasteiger partial charge in [-0.15, -0.1) is 0 Å². The van der Waals surface area contributed by atoms with Crippen LogP contribution < -0.4 is 9.47 Å². The molecule has 0 aliphatic carbocycles. The number of fused-ring (bicyclic) bond motifs is 1. The number of benzene rings is 1. The Morgan fingerprint density at radius 2 is 1.00 bits per heavy atom. The summed E-state index contributed by atoms with van der Waals surface area (Å²) < 4.78 is 38.6. The second kappa shape index (κ2) is 12.1. The summed E-state index contributed by atoms with van der Waals surface area (Å²) >= 11 is 0. The predicted molar refractivity (Wildman–Crippen MR) is 91.3 cm³/mol. The normalized spacial score (nSPS) is 17.5. The van der Waals surface area contributed by atoms with E-state index in [4.69, 9.17) is 33.2 Å². The molecular weight excluding hydrogens is 328 g/mol. The molecule has 0 aromatic heterocycles. The fraction of sp³-hybridized carbons (Fsp3) is 0.667. The van der Waals surface area contributed by atoms with Crippen LogP contribution in [-0.2, 0) is 36.9 Å². The highest BCUT2D eigenvalue weighted by atomic mass is 16.6. The molecule has 0 saturated carbocycles. The summed E-state index contributed by atoms with van der Waals surface area (Å²) in [6, 6.07) is 3.88. The van der Waals surface area contributed by atoms with Gasteiger partial charge in [-0.1, -0.05) is 0 Å². The molecule has 7 nitrogen and oxygen atoms in total. The van der Waals surface area contributed by atoms with Crippen molar-refractivity contribution in [3.05, 3.63) is 23.3 Å². The van der Waals surface area contributed by atoms with E-state index < -0.39 is 0 Å². The van der Waals surface area contributed by atoms with Crippen molar-refractivity contribution in [1.82, 2.24) is 0 Å². The minimum Gasteiger partial charge on any atom is -0.487 e. The molecule has 1 aromatic carbocycles. The van der Waals surface area contributed by atoms with E-state index in [2.05, 4.69) is 0 Å². The molecule has 0 fully saturated rings. The van der Waals surface area contributed by atoms with Crippen LogP contribution in [0, 0.1) is 0 Å². The summed E-state index contributed by atoms with van der Waals surface area (Å²) in [4.78, 5) is 0. The summed E-state index contributed by atoms with van der Waals surface area (Å²) in [5.41, 5.74) is 2.02. The average molecular weight is 356 g/mol. The SMILES string of the molecule is COCc1cc2c(cc1COC)OCCOCCOCCOCCO2. The molecule has 0 unspecified atom stereocenters. The van der Waals surface area contributed by atoms with Crippen molar-refractivity contribution in [3.8, 4) is 11.5 Å². The third kappa shape index (κ3) is 7.17. The van der Waals surface area contributed by atoms with Gasteiger partial charge in [-0.25, -0.2) is 0 Å². The van der Waals surface area contributed by atoms with Gasteiger partial charge in [-0.2, -0.15) is 0 Å². The first-order chi connectivity index (χ1) is 12.3. The molecule has 0 radical (unpaired) electrons. The molecule has 142 valence electrons. The molecule has 1 aliphatic heterocycles. The van der Waals surface area contributed by atoms with Crippen LogP contribution in [0.25, 0.3) is 0 Å². The molecule has 25 heavy (non-hydrogen) atoms. The third-order valence-electron chi connectivity index (χ3n) is 3.58. The summed E-state index contributed by atoms with van der Waals surface area (Å²) in [5.74, 6) is 1.34. The van der Waals surface area contributed by atoms with Crippen molar-refractivity contribution in [1.29, 1.82) is 0 Å². The zero-order chi connectivity index (χ0) is 17.7. The lowest BCUT2D eigenvalue weighted by atomic mass is 10.1. The first-order valence-corrected chi connectivity index (χ1v) is 8.47. The summed E-state index contributed by atoms with van der Waals surface area (Å²) in [5, 5.41) is 0. The molecule has 0 amide bonds. The Bertz CT molecular complexity index is 450. The minimum absolute atomic E-state index is 0.433. The Balaban J connectivity index is 2.12. The molecule has 1 aliphatic rings. The molecule has 1 aromatic rings. The zero-order valence-corrected chi connectivity index (χ0v) is 15.1. The molecule has 0 bridgehead atoms. The van der Waals surface area contributed by atoms with E-state index in [1.807, 2.05) is 12.1 Å². The molecule has 0 saturated heterocycles. The summed E-state index contributed by atoms with van der Waals surface area (Å²) in [7, 11) is 3.33. The van der Waals surface area contributed by atoms with Crippen LogP contribution in [0.5, 0.6) is 11.5 Å². The van der Waals surface area contributed by atoms with Gasteiger partial charge in [0.15, 0.2) is 11.5 Å². The standard InChI is InChI=1S/C18H28O7/c1-19-13-15-11-17-18(12-16(15)14-20-2)25-10-8-23-6-4-21-3-5-22-7-9-24-17/h11-12H,3-10,13-14H2,1-2H3. The molecular formula is C18H28O7. The molecule has 7 heteroatoms. The Hall–Kier alpha value is -1.38. The maximum Gasteiger partial charge on any atom is 0.161 e. The number of hydrogen-bond acceptors (Lipinski definition) is 7. The summed E-state index contributed by atoms with van der Waals surface area (Å²) in [6.45, 7) is 4.97. The van der Waals surface area contributed by atoms with E-state index in [0.717, 1.165) is 11.1 Å². The first kappa shape index (κ1) is 19.9. The third-order valence-corrected chi connectivity index (χ3v) is 3.58. The van der Waals surface area contributed by atoms with Gasteiger partial charge in [0.2, 0.25) is 0 Å². The molecule has 0 atom stereocenters. The maximum absolute atomic E-state index is 5.86. The second-order valence-electron chi connectivity index (χ2n) is 5.47. The van der Waals surface area contributed by atoms with Crippen LogP contribution in [0.15, 0.2) is 12.1 Å². The van der Waals surface area contributed by atoms with Crippen molar-refractivity contribution in [2.45, 2.75) is 13.2 Å². The van der Waals surface area contributed by atoms with E-state index in [1.165, 1.54) is 0 Å². The van der Waals surface area contributed by atoms with E-state index >= 15 is 0 Å². The van der Waals surface area contributed by atoms with Gasteiger partial charge in [0, 0.05) is 14.2 Å². The van der Waals surface area contributed by atoms with Crippen LogP contribution in [0.1, 0.15) is 11.1 Å². The smallest absolute Gasteiger partial charge is 0.161 e. The van der Waals surface area contributed by atoms with E-state index in [9.17, 15) is 0 Å². The second-order valence-corrected chi connectivity index (χ2v) is 5.47. The predicted octanol–water partition coefficient (Wildman–Crippen LogP) is 1.80. The van der Waals surface area contributed by atoms with Gasteiger partial charge in [0.05, 0.1) is 52.9 Å². The number of ether oxygens (including phenoxy) is 7. The van der Waals surface area contributed by atoms with Crippen LogP contribution in [0.2, 0.25) is 0 Å². The van der Waals surface area contributed by atoms with Gasteiger partial charge in [0.1, 0.15) is 13.2 Å². The van der Waals surface area contributed by atoms with E-state index in [1.54, 1.807) is 14.2 Å². The molecule has 0 spiro atoms. The van der Waals surface area contributed by atoms with E-state index in [0.29, 0.717) is 77.6 Å². The monoisotopic (exact) mass is 356 g/mol. The van der Waals surface area contributed by atoms with Crippen LogP contribution in [0.3, 0.4) is 0 Å². The van der Waals surface area contributed by atoms with Gasteiger partial charge in [0.25, 0.3) is 0 Å². The van der Waals surface area contributed by atoms with Gasteiger partial charge in [-0.05, 0) is 23.3 Å². The lowest BCUT2D eigenvalue weighted by Gasteiger charge is -2.17. The Morgan fingerprint density at radius 3 is 1.36 bits per heavy atom. The lowest BCUT2D eigenvalue weighted by molar-refractivity contribution is 0.00708. The zero-order valence-electron chi connectivity index (χ0n) is 15.1. The van der Waals surface area contributed by atoms with Crippen LogP contribution in [-0.4, -0.2) is 67.1 Å².